The van der Waals surface area contributed by atoms with Gasteiger partial charge in [0.1, 0.15) is 16.6 Å². The van der Waals surface area contributed by atoms with Gasteiger partial charge in [-0.25, -0.2) is 13.8 Å². The van der Waals surface area contributed by atoms with E-state index in [1.807, 2.05) is 29.2 Å². The summed E-state index contributed by atoms with van der Waals surface area (Å²) >= 11 is 1.48. The molecule has 4 rings (SSSR count). The smallest absolute Gasteiger partial charge is 0.306 e. The molecule has 0 radical (unpaired) electrons. The van der Waals surface area contributed by atoms with Crippen molar-refractivity contribution in [1.82, 2.24) is 9.88 Å². The molecule has 0 spiro atoms. The van der Waals surface area contributed by atoms with E-state index in [9.17, 15) is 18.7 Å². The molecule has 7 heteroatoms. The number of carbonyl (C=O) groups is 1. The van der Waals surface area contributed by atoms with Gasteiger partial charge in [-0.3, -0.25) is 9.69 Å². The Labute approximate surface area is 159 Å². The zero-order valence-corrected chi connectivity index (χ0v) is 15.3. The van der Waals surface area contributed by atoms with Crippen LogP contribution < -0.4 is 0 Å². The molecule has 1 aliphatic rings. The summed E-state index contributed by atoms with van der Waals surface area (Å²) in [5.74, 6) is -2.40. The lowest BCUT2D eigenvalue weighted by Crippen LogP contribution is -2.39. The van der Waals surface area contributed by atoms with Crippen molar-refractivity contribution in [2.75, 3.05) is 13.1 Å². The van der Waals surface area contributed by atoms with Crippen LogP contribution in [-0.2, 0) is 4.79 Å². The summed E-state index contributed by atoms with van der Waals surface area (Å²) in [5, 5.41) is 9.97. The van der Waals surface area contributed by atoms with Crippen molar-refractivity contribution in [2.45, 2.75) is 18.9 Å². The molecule has 0 amide bonds. The maximum atomic E-state index is 14.6. The Hall–Kier alpha value is -2.38. The fourth-order valence-corrected chi connectivity index (χ4v) is 4.74. The minimum absolute atomic E-state index is 0.365. The van der Waals surface area contributed by atoms with Gasteiger partial charge in [0.05, 0.1) is 22.2 Å². The van der Waals surface area contributed by atoms with E-state index in [1.165, 1.54) is 23.5 Å². The Bertz CT molecular complexity index is 950. The van der Waals surface area contributed by atoms with E-state index >= 15 is 0 Å². The Morgan fingerprint density at radius 2 is 1.93 bits per heavy atom. The number of aromatic nitrogens is 1. The average Bonchev–Trinajstić information content (AvgIpc) is 3.08. The van der Waals surface area contributed by atoms with Crippen LogP contribution in [0.1, 0.15) is 29.5 Å². The second-order valence-corrected chi connectivity index (χ2v) is 7.80. The number of carboxylic acid groups (broad SMARTS) is 1. The molecule has 1 fully saturated rings. The van der Waals surface area contributed by atoms with Crippen molar-refractivity contribution in [3.05, 3.63) is 64.7 Å². The first-order valence-electron chi connectivity index (χ1n) is 8.80. The molecule has 0 bridgehead atoms. The standard InChI is InChI=1S/C20H18F2N2O2S/c21-13-5-6-14(15(22)11-13)18(24-9-7-12(8-10-24)20(25)26)19-23-16-3-1-2-4-17(16)27-19/h1-6,11-12,18H,7-10H2,(H,25,26). The van der Waals surface area contributed by atoms with Gasteiger partial charge in [-0.1, -0.05) is 18.2 Å². The van der Waals surface area contributed by atoms with E-state index in [1.54, 1.807) is 0 Å². The van der Waals surface area contributed by atoms with Crippen LogP contribution in [0, 0.1) is 17.6 Å². The first-order chi connectivity index (χ1) is 13.0. The van der Waals surface area contributed by atoms with Crippen LogP contribution in [0.3, 0.4) is 0 Å². The molecular weight excluding hydrogens is 370 g/mol. The fraction of sp³-hybridized carbons (Fsp3) is 0.300. The van der Waals surface area contributed by atoms with Crippen molar-refractivity contribution in [2.24, 2.45) is 5.92 Å². The number of halogens is 2. The van der Waals surface area contributed by atoms with E-state index in [-0.39, 0.29) is 5.92 Å². The number of para-hydroxylation sites is 1. The van der Waals surface area contributed by atoms with Gasteiger partial charge in [0.25, 0.3) is 0 Å². The highest BCUT2D eigenvalue weighted by Crippen LogP contribution is 2.37. The van der Waals surface area contributed by atoms with Gasteiger partial charge in [0.15, 0.2) is 0 Å². The number of aliphatic carboxylic acids is 1. The third-order valence-corrected chi connectivity index (χ3v) is 6.13. The molecule has 4 nitrogen and oxygen atoms in total. The molecule has 1 saturated heterocycles. The maximum absolute atomic E-state index is 14.6. The molecule has 0 aliphatic carbocycles. The number of carboxylic acids is 1. The van der Waals surface area contributed by atoms with E-state index < -0.39 is 23.6 Å². The quantitative estimate of drug-likeness (QED) is 0.717. The molecule has 1 aromatic heterocycles. The Morgan fingerprint density at radius 1 is 1.19 bits per heavy atom. The maximum Gasteiger partial charge on any atom is 0.306 e. The van der Waals surface area contributed by atoms with Gasteiger partial charge in [-0.15, -0.1) is 11.3 Å². The number of hydrogen-bond acceptors (Lipinski definition) is 4. The predicted octanol–water partition coefficient (Wildman–Crippen LogP) is 4.46. The number of benzene rings is 2. The van der Waals surface area contributed by atoms with Gasteiger partial charge in [-0.05, 0) is 44.1 Å². The Balaban J connectivity index is 1.74. The number of piperidine rings is 1. The minimum atomic E-state index is -0.792. The van der Waals surface area contributed by atoms with Crippen LogP contribution in [0.2, 0.25) is 0 Å². The minimum Gasteiger partial charge on any atom is -0.481 e. The molecule has 3 aromatic rings. The summed E-state index contributed by atoms with van der Waals surface area (Å²) in [5.41, 5.74) is 1.20. The zero-order valence-electron chi connectivity index (χ0n) is 14.4. The molecule has 1 aliphatic heterocycles. The van der Waals surface area contributed by atoms with Crippen molar-refractivity contribution in [3.63, 3.8) is 0 Å². The number of rotatable bonds is 4. The number of likely N-dealkylation sites (tertiary alicyclic amines) is 1. The van der Waals surface area contributed by atoms with Crippen LogP contribution in [0.5, 0.6) is 0 Å². The van der Waals surface area contributed by atoms with E-state index in [0.717, 1.165) is 21.3 Å². The molecule has 2 heterocycles. The molecule has 0 saturated carbocycles. The lowest BCUT2D eigenvalue weighted by Gasteiger charge is -2.35. The van der Waals surface area contributed by atoms with Gasteiger partial charge >= 0.3 is 5.97 Å². The first-order valence-corrected chi connectivity index (χ1v) is 9.62. The third-order valence-electron chi connectivity index (χ3n) is 5.05. The SMILES string of the molecule is O=C(O)C1CCN(C(c2nc3ccccc3s2)c2ccc(F)cc2F)CC1. The van der Waals surface area contributed by atoms with Gasteiger partial charge in [-0.2, -0.15) is 0 Å². The van der Waals surface area contributed by atoms with Gasteiger partial charge in [0, 0.05) is 11.6 Å². The average molecular weight is 388 g/mol. The van der Waals surface area contributed by atoms with E-state index in [0.29, 0.717) is 31.5 Å². The fourth-order valence-electron chi connectivity index (χ4n) is 3.62. The zero-order chi connectivity index (χ0) is 19.0. The largest absolute Gasteiger partial charge is 0.481 e. The summed E-state index contributed by atoms with van der Waals surface area (Å²) in [7, 11) is 0. The summed E-state index contributed by atoms with van der Waals surface area (Å²) in [6, 6.07) is 10.8. The van der Waals surface area contributed by atoms with Crippen molar-refractivity contribution in [1.29, 1.82) is 0 Å². The normalized spacial score (nSPS) is 17.3. The molecule has 1 N–H and O–H groups in total. The molecule has 2 aromatic carbocycles. The topological polar surface area (TPSA) is 53.4 Å². The Kier molecular flexibility index (Phi) is 4.88. The van der Waals surface area contributed by atoms with Crippen molar-refractivity contribution < 1.29 is 18.7 Å². The number of thiazole rings is 1. The monoisotopic (exact) mass is 388 g/mol. The van der Waals surface area contributed by atoms with Crippen LogP contribution in [-0.4, -0.2) is 34.0 Å². The van der Waals surface area contributed by atoms with Crippen LogP contribution in [0.4, 0.5) is 8.78 Å². The highest BCUT2D eigenvalue weighted by molar-refractivity contribution is 7.18. The molecule has 27 heavy (non-hydrogen) atoms. The van der Waals surface area contributed by atoms with Gasteiger partial charge in [0.2, 0.25) is 0 Å². The second-order valence-electron chi connectivity index (χ2n) is 6.74. The van der Waals surface area contributed by atoms with Crippen molar-refractivity contribution in [3.8, 4) is 0 Å². The molecular formula is C20H18F2N2O2S. The highest BCUT2D eigenvalue weighted by Gasteiger charge is 2.33. The third kappa shape index (κ3) is 3.57. The van der Waals surface area contributed by atoms with Crippen LogP contribution in [0.15, 0.2) is 42.5 Å². The highest BCUT2D eigenvalue weighted by atomic mass is 32.1. The molecule has 140 valence electrons. The Morgan fingerprint density at radius 3 is 2.59 bits per heavy atom. The summed E-state index contributed by atoms with van der Waals surface area (Å²) in [4.78, 5) is 18.0. The lowest BCUT2D eigenvalue weighted by atomic mass is 9.94. The van der Waals surface area contributed by atoms with Crippen LogP contribution in [0.25, 0.3) is 10.2 Å². The summed E-state index contributed by atoms with van der Waals surface area (Å²) in [6.07, 6.45) is 0.999. The lowest BCUT2D eigenvalue weighted by molar-refractivity contribution is -0.143. The molecule has 1 atom stereocenters. The summed E-state index contributed by atoms with van der Waals surface area (Å²) < 4.78 is 29.0. The summed E-state index contributed by atoms with van der Waals surface area (Å²) in [6.45, 7) is 1.04. The molecule has 1 unspecified atom stereocenters. The van der Waals surface area contributed by atoms with Crippen LogP contribution >= 0.6 is 11.3 Å². The van der Waals surface area contributed by atoms with E-state index in [2.05, 4.69) is 4.98 Å². The van der Waals surface area contributed by atoms with Gasteiger partial charge < -0.3 is 5.11 Å². The first kappa shape index (κ1) is 18.0. The van der Waals surface area contributed by atoms with E-state index in [4.69, 9.17) is 0 Å². The number of hydrogen-bond donors (Lipinski definition) is 1. The second kappa shape index (κ2) is 7.32. The number of fused-ring (bicyclic) bond motifs is 1. The van der Waals surface area contributed by atoms with Crippen molar-refractivity contribution >= 4 is 27.5 Å². The predicted molar refractivity (Wildman–Crippen MR) is 99.8 cm³/mol. The number of nitrogens with zero attached hydrogens (tertiary/aromatic N) is 2.